The molecule has 3 aliphatic rings. The van der Waals surface area contributed by atoms with Crippen molar-refractivity contribution >= 4 is 5.78 Å². The molecule has 0 bridgehead atoms. The van der Waals surface area contributed by atoms with E-state index in [1.54, 1.807) is 6.92 Å². The van der Waals surface area contributed by atoms with Crippen LogP contribution in [0.2, 0.25) is 0 Å². The smallest absolute Gasteiger partial charge is 0.373 e. The molecule has 1 saturated carbocycles. The molecule has 0 N–H and O–H groups in total. The topological polar surface area (TPSA) is 60.6 Å². The second-order valence-corrected chi connectivity index (χ2v) is 6.81. The maximum Gasteiger partial charge on any atom is 0.411 e. The van der Waals surface area contributed by atoms with Crippen LogP contribution >= 0.6 is 0 Å². The predicted molar refractivity (Wildman–Crippen MR) is 72.3 cm³/mol. The Morgan fingerprint density at radius 1 is 1.38 bits per heavy atom. The van der Waals surface area contributed by atoms with Crippen LogP contribution in [-0.4, -0.2) is 68.5 Å². The second-order valence-electron chi connectivity index (χ2n) is 6.81. The lowest BCUT2D eigenvalue weighted by molar-refractivity contribution is -0.174. The number of rotatable bonds is 6. The van der Waals surface area contributed by atoms with Gasteiger partial charge < -0.3 is 18.9 Å². The molecule has 6 atom stereocenters. The van der Waals surface area contributed by atoms with Gasteiger partial charge in [-0.25, -0.2) is 4.39 Å². The zero-order valence-electron chi connectivity index (χ0n) is 13.4. The highest BCUT2D eigenvalue weighted by Gasteiger charge is 2.73. The number of carbonyl (C=O) groups is 1. The quantitative estimate of drug-likeness (QED) is 0.413. The van der Waals surface area contributed by atoms with Crippen molar-refractivity contribution in [2.75, 3.05) is 26.9 Å². The van der Waals surface area contributed by atoms with Crippen molar-refractivity contribution in [1.82, 2.24) is 0 Å². The van der Waals surface area contributed by atoms with Gasteiger partial charge in [-0.2, -0.15) is 13.2 Å². The van der Waals surface area contributed by atoms with Gasteiger partial charge in [0.15, 0.2) is 12.0 Å². The fraction of sp³-hybridized carbons (Fsp3) is 0.933. The monoisotopic (exact) mass is 356 g/mol. The van der Waals surface area contributed by atoms with E-state index in [4.69, 9.17) is 14.2 Å². The van der Waals surface area contributed by atoms with Crippen LogP contribution in [0.1, 0.15) is 19.8 Å². The van der Waals surface area contributed by atoms with Crippen molar-refractivity contribution in [2.24, 2.45) is 5.92 Å². The van der Waals surface area contributed by atoms with Crippen LogP contribution in [0.25, 0.3) is 0 Å². The molecule has 3 rings (SSSR count). The summed E-state index contributed by atoms with van der Waals surface area (Å²) in [5.41, 5.74) is -1.58. The summed E-state index contributed by atoms with van der Waals surface area (Å²) < 4.78 is 71.0. The average Bonchev–Trinajstić information content (AvgIpc) is 3.37. The number of halogens is 4. The third kappa shape index (κ3) is 3.18. The van der Waals surface area contributed by atoms with E-state index in [1.807, 2.05) is 0 Å². The molecule has 1 spiro atoms. The van der Waals surface area contributed by atoms with E-state index in [-0.39, 0.29) is 25.6 Å². The first-order chi connectivity index (χ1) is 11.1. The molecular formula is C15H20F4O5. The lowest BCUT2D eigenvalue weighted by atomic mass is 9.68. The summed E-state index contributed by atoms with van der Waals surface area (Å²) in [6.07, 6.45) is -7.15. The Morgan fingerprint density at radius 2 is 2.04 bits per heavy atom. The molecule has 0 aromatic carbocycles. The molecule has 0 aromatic rings. The van der Waals surface area contributed by atoms with Gasteiger partial charge in [-0.05, 0) is 13.3 Å². The molecule has 1 unspecified atom stereocenters. The van der Waals surface area contributed by atoms with Gasteiger partial charge >= 0.3 is 6.18 Å². The van der Waals surface area contributed by atoms with E-state index in [0.717, 1.165) is 0 Å². The van der Waals surface area contributed by atoms with Crippen molar-refractivity contribution in [1.29, 1.82) is 0 Å². The van der Waals surface area contributed by atoms with Gasteiger partial charge in [-0.1, -0.05) is 0 Å². The Balaban J connectivity index is 1.62. The third-order valence-electron chi connectivity index (χ3n) is 5.14. The molecule has 5 nitrogen and oxygen atoms in total. The molecule has 24 heavy (non-hydrogen) atoms. The molecule has 2 heterocycles. The Kier molecular flexibility index (Phi) is 4.43. The molecule has 0 amide bonds. The summed E-state index contributed by atoms with van der Waals surface area (Å²) in [4.78, 5) is 12.1. The van der Waals surface area contributed by atoms with Crippen LogP contribution < -0.4 is 0 Å². The Morgan fingerprint density at radius 3 is 2.58 bits per heavy atom. The van der Waals surface area contributed by atoms with Crippen LogP contribution in [0.4, 0.5) is 17.6 Å². The number of hydrogen-bond acceptors (Lipinski definition) is 5. The van der Waals surface area contributed by atoms with Crippen molar-refractivity contribution in [3.8, 4) is 0 Å². The molecule has 9 heteroatoms. The molecule has 2 saturated heterocycles. The Bertz CT molecular complexity index is 507. The minimum absolute atomic E-state index is 0.0351. The van der Waals surface area contributed by atoms with Gasteiger partial charge in [-0.3, -0.25) is 4.79 Å². The standard InChI is InChI=1S/C15H20F4O5/c1-13(9(24-13)3-4-22-7-15(17,18)19)12-11(21-2)10(20)8(16)5-14(12)6-23-14/h8-9,11-12H,3-7H2,1-2H3/t8-,9+,11+,12+,13?,14-/m0/s1. The minimum Gasteiger partial charge on any atom is -0.373 e. The normalized spacial score (nSPS) is 44.8. The molecular weight excluding hydrogens is 336 g/mol. The number of hydrogen-bond donors (Lipinski definition) is 0. The second kappa shape index (κ2) is 5.89. The minimum atomic E-state index is -4.37. The summed E-state index contributed by atoms with van der Waals surface area (Å²) >= 11 is 0. The zero-order valence-corrected chi connectivity index (χ0v) is 13.4. The Labute approximate surface area is 136 Å². The van der Waals surface area contributed by atoms with Crippen LogP contribution in [0.3, 0.4) is 0 Å². The van der Waals surface area contributed by atoms with Crippen molar-refractivity contribution in [3.63, 3.8) is 0 Å². The number of alkyl halides is 4. The summed E-state index contributed by atoms with van der Waals surface area (Å²) in [7, 11) is 1.33. The van der Waals surface area contributed by atoms with Crippen LogP contribution in [-0.2, 0) is 23.7 Å². The highest BCUT2D eigenvalue weighted by Crippen LogP contribution is 2.58. The molecule has 0 aromatic heterocycles. The number of ketones is 1. The molecule has 138 valence electrons. The lowest BCUT2D eigenvalue weighted by Crippen LogP contribution is -2.56. The van der Waals surface area contributed by atoms with E-state index in [1.165, 1.54) is 7.11 Å². The van der Waals surface area contributed by atoms with Gasteiger partial charge in [0.2, 0.25) is 0 Å². The van der Waals surface area contributed by atoms with E-state index in [2.05, 4.69) is 4.74 Å². The lowest BCUT2D eigenvalue weighted by Gasteiger charge is -2.38. The van der Waals surface area contributed by atoms with E-state index >= 15 is 0 Å². The van der Waals surface area contributed by atoms with Crippen LogP contribution in [0.15, 0.2) is 0 Å². The van der Waals surface area contributed by atoms with E-state index < -0.39 is 48.0 Å². The van der Waals surface area contributed by atoms with Crippen molar-refractivity contribution in [2.45, 2.75) is 55.5 Å². The molecule has 0 radical (unpaired) electrons. The number of ether oxygens (including phenoxy) is 4. The first-order valence-corrected chi connectivity index (χ1v) is 7.80. The highest BCUT2D eigenvalue weighted by molar-refractivity contribution is 5.89. The van der Waals surface area contributed by atoms with Crippen LogP contribution in [0, 0.1) is 5.92 Å². The van der Waals surface area contributed by atoms with Gasteiger partial charge in [-0.15, -0.1) is 0 Å². The SMILES string of the molecule is CO[C@@H]1C(=O)[C@@H](F)C[C@]2(CO2)[C@H]1C1(C)O[C@@H]1CCOCC(F)(F)F. The fourth-order valence-corrected chi connectivity index (χ4v) is 3.88. The average molecular weight is 356 g/mol. The number of Topliss-reactive ketones (excluding diaryl/α,β-unsaturated/α-hetero) is 1. The number of carbonyl (C=O) groups excluding carboxylic acids is 1. The Hall–Kier alpha value is -0.770. The van der Waals surface area contributed by atoms with Gasteiger partial charge in [0.05, 0.1) is 18.6 Å². The third-order valence-corrected chi connectivity index (χ3v) is 5.14. The maximum atomic E-state index is 13.9. The predicted octanol–water partition coefficient (Wildman–Crippen LogP) is 1.82. The fourth-order valence-electron chi connectivity index (χ4n) is 3.88. The van der Waals surface area contributed by atoms with E-state index in [9.17, 15) is 22.4 Å². The number of epoxide rings is 2. The van der Waals surface area contributed by atoms with E-state index in [0.29, 0.717) is 6.61 Å². The summed E-state index contributed by atoms with van der Waals surface area (Å²) in [5.74, 6) is -1.12. The maximum absolute atomic E-state index is 13.9. The first kappa shape index (κ1) is 18.0. The summed E-state index contributed by atoms with van der Waals surface area (Å²) in [6, 6.07) is 0. The van der Waals surface area contributed by atoms with Gasteiger partial charge in [0.25, 0.3) is 0 Å². The van der Waals surface area contributed by atoms with Crippen molar-refractivity contribution in [3.05, 3.63) is 0 Å². The largest absolute Gasteiger partial charge is 0.411 e. The molecule has 2 aliphatic heterocycles. The van der Waals surface area contributed by atoms with Crippen molar-refractivity contribution < 1.29 is 41.3 Å². The first-order valence-electron chi connectivity index (χ1n) is 7.80. The summed E-state index contributed by atoms with van der Waals surface area (Å²) in [6.45, 7) is 0.655. The molecule has 3 fully saturated rings. The molecule has 1 aliphatic carbocycles. The summed E-state index contributed by atoms with van der Waals surface area (Å²) in [5, 5.41) is 0. The van der Waals surface area contributed by atoms with Gasteiger partial charge in [0, 0.05) is 20.1 Å². The van der Waals surface area contributed by atoms with Crippen LogP contribution in [0.5, 0.6) is 0 Å². The highest BCUT2D eigenvalue weighted by atomic mass is 19.4. The number of methoxy groups -OCH3 is 1. The van der Waals surface area contributed by atoms with Gasteiger partial charge in [0.1, 0.15) is 23.9 Å². The zero-order chi connectivity index (χ0) is 17.8.